The Kier molecular flexibility index (Phi) is 10.5. The predicted molar refractivity (Wildman–Crippen MR) is 142 cm³/mol. The van der Waals surface area contributed by atoms with Gasteiger partial charge in [-0.15, -0.1) is 11.8 Å². The van der Waals surface area contributed by atoms with E-state index in [1.165, 1.54) is 5.56 Å². The Morgan fingerprint density at radius 3 is 2.12 bits per heavy atom. The van der Waals surface area contributed by atoms with Gasteiger partial charge in [-0.1, -0.05) is 91.3 Å². The van der Waals surface area contributed by atoms with E-state index < -0.39 is 6.04 Å². The van der Waals surface area contributed by atoms with Crippen LogP contribution in [0.2, 0.25) is 5.02 Å². The van der Waals surface area contributed by atoms with Crippen LogP contribution in [0.1, 0.15) is 30.0 Å². The number of rotatable bonds is 12. The van der Waals surface area contributed by atoms with Crippen molar-refractivity contribution in [2.24, 2.45) is 0 Å². The minimum Gasteiger partial charge on any atom is -0.354 e. The Balaban J connectivity index is 1.82. The first-order valence-electron chi connectivity index (χ1n) is 11.5. The topological polar surface area (TPSA) is 49.4 Å². The van der Waals surface area contributed by atoms with Crippen LogP contribution in [0.15, 0.2) is 84.9 Å². The van der Waals surface area contributed by atoms with Gasteiger partial charge in [0, 0.05) is 30.3 Å². The van der Waals surface area contributed by atoms with E-state index in [-0.39, 0.29) is 11.8 Å². The van der Waals surface area contributed by atoms with E-state index in [0.29, 0.717) is 30.3 Å². The van der Waals surface area contributed by atoms with Gasteiger partial charge < -0.3 is 10.2 Å². The lowest BCUT2D eigenvalue weighted by Gasteiger charge is -2.31. The van der Waals surface area contributed by atoms with Crippen molar-refractivity contribution in [3.05, 3.63) is 107 Å². The molecule has 178 valence electrons. The smallest absolute Gasteiger partial charge is 0.243 e. The highest BCUT2D eigenvalue weighted by Gasteiger charge is 2.30. The van der Waals surface area contributed by atoms with E-state index >= 15 is 0 Å². The van der Waals surface area contributed by atoms with E-state index in [1.54, 1.807) is 16.7 Å². The highest BCUT2D eigenvalue weighted by Crippen LogP contribution is 2.19. The molecule has 4 nitrogen and oxygen atoms in total. The summed E-state index contributed by atoms with van der Waals surface area (Å²) in [7, 11) is 0. The zero-order chi connectivity index (χ0) is 24.2. The van der Waals surface area contributed by atoms with Gasteiger partial charge in [-0.05, 0) is 35.2 Å². The van der Waals surface area contributed by atoms with E-state index in [2.05, 4.69) is 17.4 Å². The first-order chi connectivity index (χ1) is 16.6. The van der Waals surface area contributed by atoms with Gasteiger partial charge in [-0.3, -0.25) is 9.59 Å². The normalized spacial score (nSPS) is 11.6. The fourth-order valence-corrected chi connectivity index (χ4v) is 4.62. The summed E-state index contributed by atoms with van der Waals surface area (Å²) in [4.78, 5) is 28.5. The first-order valence-corrected chi connectivity index (χ1v) is 13.1. The van der Waals surface area contributed by atoms with Crippen LogP contribution in [0, 0.1) is 0 Å². The summed E-state index contributed by atoms with van der Waals surface area (Å²) in [5, 5.41) is 3.64. The molecule has 0 bridgehead atoms. The average Bonchev–Trinajstić information content (AvgIpc) is 2.87. The molecule has 2 amide bonds. The molecule has 3 aromatic carbocycles. The molecule has 0 spiro atoms. The Hall–Kier alpha value is -2.76. The molecule has 0 radical (unpaired) electrons. The molecule has 0 aliphatic rings. The molecule has 0 aliphatic carbocycles. The number of thioether (sulfide) groups is 1. The van der Waals surface area contributed by atoms with Crippen molar-refractivity contribution in [2.45, 2.75) is 38.1 Å². The van der Waals surface area contributed by atoms with Crippen molar-refractivity contribution >= 4 is 35.2 Å². The van der Waals surface area contributed by atoms with Gasteiger partial charge in [0.15, 0.2) is 0 Å². The van der Waals surface area contributed by atoms with Crippen LogP contribution < -0.4 is 5.32 Å². The first kappa shape index (κ1) is 25.9. The van der Waals surface area contributed by atoms with Crippen molar-refractivity contribution < 1.29 is 9.59 Å². The number of carbonyl (C=O) groups excluding carboxylic acids is 2. The van der Waals surface area contributed by atoms with E-state index in [0.717, 1.165) is 23.3 Å². The van der Waals surface area contributed by atoms with Crippen LogP contribution >= 0.6 is 23.4 Å². The maximum Gasteiger partial charge on any atom is 0.243 e. The number of hydrogen-bond donors (Lipinski definition) is 1. The zero-order valence-corrected chi connectivity index (χ0v) is 21.0. The summed E-state index contributed by atoms with van der Waals surface area (Å²) in [5.41, 5.74) is 3.13. The van der Waals surface area contributed by atoms with Crippen LogP contribution in [-0.4, -0.2) is 35.1 Å². The number of hydrogen-bond acceptors (Lipinski definition) is 3. The largest absolute Gasteiger partial charge is 0.354 e. The number of halogens is 1. The maximum atomic E-state index is 13.5. The standard InChI is InChI=1S/C28H31ClN2O2S/c1-2-17-30-28(33)26(18-22-9-5-3-6-10-22)31(19-23-13-15-25(29)16-14-23)27(32)21-34-20-24-11-7-4-8-12-24/h3-16,26H,2,17-21H2,1H3,(H,30,33)/t26-/m0/s1. The summed E-state index contributed by atoms with van der Waals surface area (Å²) in [6.07, 6.45) is 1.29. The number of amides is 2. The van der Waals surface area contributed by atoms with Gasteiger partial charge in [0.25, 0.3) is 0 Å². The Labute approximate surface area is 211 Å². The summed E-state index contributed by atoms with van der Waals surface area (Å²) >= 11 is 7.63. The van der Waals surface area contributed by atoms with Crippen LogP contribution in [0.3, 0.4) is 0 Å². The lowest BCUT2D eigenvalue weighted by atomic mass is 10.0. The second-order valence-electron chi connectivity index (χ2n) is 8.12. The monoisotopic (exact) mass is 494 g/mol. The predicted octanol–water partition coefficient (Wildman–Crippen LogP) is 5.74. The van der Waals surface area contributed by atoms with E-state index in [1.807, 2.05) is 79.7 Å². The molecule has 6 heteroatoms. The lowest BCUT2D eigenvalue weighted by Crippen LogP contribution is -2.51. The van der Waals surface area contributed by atoms with Crippen molar-refractivity contribution in [3.63, 3.8) is 0 Å². The number of nitrogens with zero attached hydrogens (tertiary/aromatic N) is 1. The molecular formula is C28H31ClN2O2S. The van der Waals surface area contributed by atoms with Crippen LogP contribution in [-0.2, 0) is 28.3 Å². The molecule has 0 fully saturated rings. The van der Waals surface area contributed by atoms with Crippen molar-refractivity contribution in [3.8, 4) is 0 Å². The molecule has 1 N–H and O–H groups in total. The van der Waals surface area contributed by atoms with Crippen molar-refractivity contribution in [2.75, 3.05) is 12.3 Å². The van der Waals surface area contributed by atoms with Crippen molar-refractivity contribution in [1.82, 2.24) is 10.2 Å². The fraction of sp³-hybridized carbons (Fsp3) is 0.286. The van der Waals surface area contributed by atoms with Crippen LogP contribution in [0.25, 0.3) is 0 Å². The molecule has 34 heavy (non-hydrogen) atoms. The summed E-state index contributed by atoms with van der Waals surface area (Å²) in [5.74, 6) is 0.867. The molecule has 0 saturated heterocycles. The number of benzene rings is 3. The molecule has 0 unspecified atom stereocenters. The molecule has 1 atom stereocenters. The third-order valence-electron chi connectivity index (χ3n) is 5.42. The Bertz CT molecular complexity index is 1030. The molecule has 0 heterocycles. The van der Waals surface area contributed by atoms with Crippen LogP contribution in [0.4, 0.5) is 0 Å². The summed E-state index contributed by atoms with van der Waals surface area (Å²) in [6, 6.07) is 26.8. The Morgan fingerprint density at radius 1 is 0.882 bits per heavy atom. The van der Waals surface area contributed by atoms with Gasteiger partial charge in [-0.2, -0.15) is 0 Å². The van der Waals surface area contributed by atoms with Gasteiger partial charge >= 0.3 is 0 Å². The lowest BCUT2D eigenvalue weighted by molar-refractivity contribution is -0.139. The fourth-order valence-electron chi connectivity index (χ4n) is 3.62. The van der Waals surface area contributed by atoms with E-state index in [9.17, 15) is 9.59 Å². The SMILES string of the molecule is CCCNC(=O)[C@H](Cc1ccccc1)N(Cc1ccc(Cl)cc1)C(=O)CSCc1ccccc1. The summed E-state index contributed by atoms with van der Waals surface area (Å²) in [6.45, 7) is 2.94. The minimum atomic E-state index is -0.602. The van der Waals surface area contributed by atoms with Gasteiger partial charge in [0.2, 0.25) is 11.8 Å². The van der Waals surface area contributed by atoms with Gasteiger partial charge in [0.05, 0.1) is 5.75 Å². The highest BCUT2D eigenvalue weighted by molar-refractivity contribution is 7.99. The Morgan fingerprint density at radius 2 is 1.50 bits per heavy atom. The molecular weight excluding hydrogens is 464 g/mol. The molecule has 0 aromatic heterocycles. The highest BCUT2D eigenvalue weighted by atomic mass is 35.5. The molecule has 0 saturated carbocycles. The average molecular weight is 495 g/mol. The minimum absolute atomic E-state index is 0.0524. The third-order valence-corrected chi connectivity index (χ3v) is 6.66. The van der Waals surface area contributed by atoms with Gasteiger partial charge in [0.1, 0.15) is 6.04 Å². The van der Waals surface area contributed by atoms with Crippen LogP contribution in [0.5, 0.6) is 0 Å². The van der Waals surface area contributed by atoms with Crippen molar-refractivity contribution in [1.29, 1.82) is 0 Å². The second kappa shape index (κ2) is 13.8. The zero-order valence-electron chi connectivity index (χ0n) is 19.5. The summed E-state index contributed by atoms with van der Waals surface area (Å²) < 4.78 is 0. The number of carbonyl (C=O) groups is 2. The number of nitrogens with one attached hydrogen (secondary N) is 1. The van der Waals surface area contributed by atoms with E-state index in [4.69, 9.17) is 11.6 Å². The van der Waals surface area contributed by atoms with Gasteiger partial charge in [-0.25, -0.2) is 0 Å². The third kappa shape index (κ3) is 8.23. The molecule has 3 rings (SSSR count). The molecule has 3 aromatic rings. The quantitative estimate of drug-likeness (QED) is 0.349. The second-order valence-corrected chi connectivity index (χ2v) is 9.55. The maximum absolute atomic E-state index is 13.5. The molecule has 0 aliphatic heterocycles.